The minimum atomic E-state index is 0.729. The van der Waals surface area contributed by atoms with Crippen LogP contribution in [0.5, 0.6) is 0 Å². The van der Waals surface area contributed by atoms with Crippen molar-refractivity contribution in [3.05, 3.63) is 81.0 Å². The summed E-state index contributed by atoms with van der Waals surface area (Å²) >= 11 is 2.51. The molecule has 2 heteroatoms. The monoisotopic (exact) mass is 461 g/mol. The average Bonchev–Trinajstić information content (AvgIpc) is 3.39. The van der Waals surface area contributed by atoms with Gasteiger partial charge in [-0.1, -0.05) is 61.5 Å². The first-order valence-corrected chi connectivity index (χ1v) is 10.6. The van der Waals surface area contributed by atoms with Crippen molar-refractivity contribution in [2.45, 2.75) is 26.2 Å². The van der Waals surface area contributed by atoms with E-state index >= 15 is 0 Å². The van der Waals surface area contributed by atoms with Crippen LogP contribution in [0.3, 0.4) is 0 Å². The molecular formula is C25H20IN. The fourth-order valence-corrected chi connectivity index (χ4v) is 5.11. The third kappa shape index (κ3) is 2.78. The Bertz CT molecular complexity index is 1150. The van der Waals surface area contributed by atoms with Gasteiger partial charge in [0.25, 0.3) is 0 Å². The van der Waals surface area contributed by atoms with Crippen LogP contribution < -0.4 is 0 Å². The molecule has 0 radical (unpaired) electrons. The number of halogens is 1. The lowest BCUT2D eigenvalue weighted by molar-refractivity contribution is 1.25. The molecule has 1 saturated carbocycles. The fourth-order valence-electron chi connectivity index (χ4n) is 4.16. The predicted molar refractivity (Wildman–Crippen MR) is 124 cm³/mol. The highest BCUT2D eigenvalue weighted by atomic mass is 127. The van der Waals surface area contributed by atoms with E-state index in [9.17, 15) is 0 Å². The maximum Gasteiger partial charge on any atom is 0.0314 e. The molecule has 0 saturated heterocycles. The van der Waals surface area contributed by atoms with Gasteiger partial charge in [0.1, 0.15) is 0 Å². The summed E-state index contributed by atoms with van der Waals surface area (Å²) in [5.74, 6) is 0. The van der Waals surface area contributed by atoms with Crippen LogP contribution in [0.2, 0.25) is 0 Å². The van der Waals surface area contributed by atoms with Crippen LogP contribution >= 0.6 is 22.6 Å². The van der Waals surface area contributed by atoms with Crippen molar-refractivity contribution in [3.8, 4) is 22.3 Å². The lowest BCUT2D eigenvalue weighted by atomic mass is 9.97. The summed E-state index contributed by atoms with van der Waals surface area (Å²) in [6.07, 6.45) is 4.89. The molecule has 0 heterocycles. The molecule has 1 fully saturated rings. The lowest BCUT2D eigenvalue weighted by Crippen LogP contribution is -1.89. The summed E-state index contributed by atoms with van der Waals surface area (Å²) in [6.45, 7) is 2.04. The van der Waals surface area contributed by atoms with Crippen LogP contribution in [0.4, 0.5) is 0 Å². The largest absolute Gasteiger partial charge is 0.305 e. The first-order valence-electron chi connectivity index (χ1n) is 9.47. The van der Waals surface area contributed by atoms with Crippen molar-refractivity contribution in [2.75, 3.05) is 0 Å². The van der Waals surface area contributed by atoms with Gasteiger partial charge in [0.2, 0.25) is 0 Å². The van der Waals surface area contributed by atoms with E-state index in [1.165, 1.54) is 53.3 Å². The maximum atomic E-state index is 7.88. The summed E-state index contributed by atoms with van der Waals surface area (Å²) in [5, 5.41) is 10.7. The number of hydrogen-bond acceptors (Lipinski definition) is 1. The fraction of sp³-hybridized carbons (Fsp3) is 0.160. The standard InChI is InChI=1S/C25H20IN/c1-2-17(27)12-16-13-23(16)24(26)14-15-10-11-22-20-7-4-3-6-19(20)21-9-5-8-18(15)25(21)22/h3-12,27H,2,13-14H2,1H3/b16-12-,24-23-,27-17?. The van der Waals surface area contributed by atoms with Crippen molar-refractivity contribution < 1.29 is 0 Å². The molecule has 0 aromatic heterocycles. The number of hydrogen-bond donors (Lipinski definition) is 1. The molecule has 0 amide bonds. The molecule has 132 valence electrons. The van der Waals surface area contributed by atoms with E-state index in [2.05, 4.69) is 83.3 Å². The van der Waals surface area contributed by atoms with Crippen LogP contribution in [0.1, 0.15) is 25.3 Å². The van der Waals surface area contributed by atoms with Gasteiger partial charge in [0, 0.05) is 12.1 Å². The molecule has 3 aromatic rings. The summed E-state index contributed by atoms with van der Waals surface area (Å²) < 4.78 is 1.42. The zero-order chi connectivity index (χ0) is 18.5. The molecule has 0 bridgehead atoms. The Balaban J connectivity index is 1.57. The van der Waals surface area contributed by atoms with Crippen molar-refractivity contribution in [2.24, 2.45) is 0 Å². The second-order valence-corrected chi connectivity index (χ2v) is 8.63. The highest BCUT2D eigenvalue weighted by Crippen LogP contribution is 2.49. The predicted octanol–water partition coefficient (Wildman–Crippen LogP) is 7.48. The summed E-state index contributed by atoms with van der Waals surface area (Å²) in [5.41, 5.74) is 10.4. The van der Waals surface area contributed by atoms with E-state index in [0.29, 0.717) is 0 Å². The normalized spacial score (nSPS) is 17.3. The minimum absolute atomic E-state index is 0.729. The van der Waals surface area contributed by atoms with E-state index in [-0.39, 0.29) is 0 Å². The van der Waals surface area contributed by atoms with E-state index in [4.69, 9.17) is 5.41 Å². The van der Waals surface area contributed by atoms with E-state index < -0.39 is 0 Å². The van der Waals surface area contributed by atoms with Crippen molar-refractivity contribution in [1.82, 2.24) is 0 Å². The van der Waals surface area contributed by atoms with Crippen LogP contribution in [0, 0.1) is 5.41 Å². The number of allylic oxidation sites excluding steroid dienone is 4. The summed E-state index contributed by atoms with van der Waals surface area (Å²) in [7, 11) is 0. The Morgan fingerprint density at radius 3 is 2.41 bits per heavy atom. The summed E-state index contributed by atoms with van der Waals surface area (Å²) in [6, 6.07) is 20.1. The average molecular weight is 461 g/mol. The molecule has 2 aliphatic carbocycles. The smallest absolute Gasteiger partial charge is 0.0314 e. The molecule has 0 spiro atoms. The van der Waals surface area contributed by atoms with Crippen LogP contribution in [0.15, 0.2) is 75.4 Å². The van der Waals surface area contributed by atoms with Gasteiger partial charge in [0.15, 0.2) is 0 Å². The molecule has 3 aromatic carbocycles. The van der Waals surface area contributed by atoms with Crippen LogP contribution in [-0.2, 0) is 6.42 Å². The molecule has 0 unspecified atom stereocenters. The Labute approximate surface area is 173 Å². The maximum absolute atomic E-state index is 7.88. The second kappa shape index (κ2) is 6.45. The molecule has 1 nitrogen and oxygen atoms in total. The number of fused-ring (bicyclic) bond motifs is 3. The topological polar surface area (TPSA) is 23.9 Å². The molecule has 5 rings (SSSR count). The van der Waals surface area contributed by atoms with Crippen LogP contribution in [0.25, 0.3) is 33.0 Å². The van der Waals surface area contributed by atoms with Gasteiger partial charge in [-0.15, -0.1) is 0 Å². The van der Waals surface area contributed by atoms with Crippen LogP contribution in [-0.4, -0.2) is 5.71 Å². The molecular weight excluding hydrogens is 441 g/mol. The van der Waals surface area contributed by atoms with E-state index in [0.717, 1.165) is 25.0 Å². The van der Waals surface area contributed by atoms with Gasteiger partial charge in [-0.2, -0.15) is 0 Å². The van der Waals surface area contributed by atoms with Gasteiger partial charge in [-0.25, -0.2) is 0 Å². The van der Waals surface area contributed by atoms with Gasteiger partial charge in [0.05, 0.1) is 0 Å². The number of rotatable bonds is 4. The molecule has 1 N–H and O–H groups in total. The third-order valence-corrected chi connectivity index (χ3v) is 6.70. The molecule has 0 atom stereocenters. The first-order chi connectivity index (χ1) is 13.2. The first kappa shape index (κ1) is 16.9. The highest BCUT2D eigenvalue weighted by Gasteiger charge is 2.26. The number of nitrogens with one attached hydrogen (secondary N) is 1. The zero-order valence-corrected chi connectivity index (χ0v) is 17.4. The SMILES string of the molecule is CCC(=N)/C=C1/C/C1=C(/I)Cc1ccc2c3c(cccc13)-c1ccccc1-2. The van der Waals surface area contributed by atoms with Gasteiger partial charge in [-0.05, 0) is 94.8 Å². The van der Waals surface area contributed by atoms with Crippen molar-refractivity contribution >= 4 is 39.1 Å². The lowest BCUT2D eigenvalue weighted by Gasteiger charge is -2.09. The van der Waals surface area contributed by atoms with Gasteiger partial charge < -0.3 is 5.41 Å². The minimum Gasteiger partial charge on any atom is -0.305 e. The quantitative estimate of drug-likeness (QED) is 0.241. The van der Waals surface area contributed by atoms with Crippen molar-refractivity contribution in [1.29, 1.82) is 5.41 Å². The zero-order valence-electron chi connectivity index (χ0n) is 15.3. The van der Waals surface area contributed by atoms with Gasteiger partial charge >= 0.3 is 0 Å². The highest BCUT2D eigenvalue weighted by molar-refractivity contribution is 14.1. The third-order valence-electron chi connectivity index (χ3n) is 5.67. The molecule has 0 aliphatic heterocycles. The molecule has 2 aliphatic rings. The number of benzene rings is 3. The van der Waals surface area contributed by atoms with Crippen molar-refractivity contribution in [3.63, 3.8) is 0 Å². The van der Waals surface area contributed by atoms with E-state index in [1.54, 1.807) is 0 Å². The Morgan fingerprint density at radius 2 is 1.67 bits per heavy atom. The van der Waals surface area contributed by atoms with E-state index in [1.807, 2.05) is 6.92 Å². The van der Waals surface area contributed by atoms with Gasteiger partial charge in [-0.3, -0.25) is 0 Å². The summed E-state index contributed by atoms with van der Waals surface area (Å²) in [4.78, 5) is 0. The Hall–Kier alpha value is -2.20. The Kier molecular flexibility index (Phi) is 4.05. The Morgan fingerprint density at radius 1 is 0.963 bits per heavy atom. The molecule has 27 heavy (non-hydrogen) atoms. The second-order valence-electron chi connectivity index (χ2n) is 7.33.